The molecule has 2 aliphatic heterocycles. The van der Waals surface area contributed by atoms with E-state index >= 15 is 0 Å². The fourth-order valence-corrected chi connectivity index (χ4v) is 0.984. The average molecular weight is 128 g/mol. The van der Waals surface area contributed by atoms with Gasteiger partial charge in [0.05, 0.1) is 6.61 Å². The van der Waals surface area contributed by atoms with Crippen molar-refractivity contribution in [2.24, 2.45) is 0 Å². The van der Waals surface area contributed by atoms with E-state index in [1.807, 2.05) is 0 Å². The van der Waals surface area contributed by atoms with Crippen molar-refractivity contribution in [1.29, 1.82) is 0 Å². The molecule has 4 heteroatoms. The van der Waals surface area contributed by atoms with Crippen LogP contribution >= 0.6 is 0 Å². The number of hydrogen-bond donors (Lipinski definition) is 1. The van der Waals surface area contributed by atoms with E-state index in [-0.39, 0.29) is 12.3 Å². The summed E-state index contributed by atoms with van der Waals surface area (Å²) in [5.74, 6) is 0. The van der Waals surface area contributed by atoms with E-state index in [0.717, 1.165) is 13.1 Å². The van der Waals surface area contributed by atoms with Crippen molar-refractivity contribution in [1.82, 2.24) is 10.2 Å². The molecule has 0 aromatic rings. The Morgan fingerprint density at radius 2 is 2.56 bits per heavy atom. The third-order valence-corrected chi connectivity index (χ3v) is 1.55. The topological polar surface area (TPSA) is 44.9 Å². The third-order valence-electron chi connectivity index (χ3n) is 1.55. The summed E-state index contributed by atoms with van der Waals surface area (Å²) in [6.07, 6.45) is 0.0903. The molecule has 4 nitrogen and oxygen atoms in total. The lowest BCUT2D eigenvalue weighted by atomic mass is 10.6. The molecule has 2 aliphatic rings. The van der Waals surface area contributed by atoms with E-state index < -0.39 is 0 Å². The van der Waals surface area contributed by atoms with E-state index in [9.17, 15) is 4.79 Å². The van der Waals surface area contributed by atoms with Crippen molar-refractivity contribution < 1.29 is 9.53 Å². The minimum absolute atomic E-state index is 0.0116. The molecule has 0 saturated carbocycles. The molecule has 0 bridgehead atoms. The summed E-state index contributed by atoms with van der Waals surface area (Å²) in [4.78, 5) is 12.5. The molecule has 0 aliphatic carbocycles. The van der Waals surface area contributed by atoms with Gasteiger partial charge in [-0.15, -0.1) is 0 Å². The number of urea groups is 1. The van der Waals surface area contributed by atoms with E-state index in [1.54, 1.807) is 4.90 Å². The van der Waals surface area contributed by atoms with Gasteiger partial charge in [0.15, 0.2) is 6.23 Å². The van der Waals surface area contributed by atoms with Gasteiger partial charge in [-0.2, -0.15) is 0 Å². The Kier molecular flexibility index (Phi) is 0.900. The van der Waals surface area contributed by atoms with Crippen molar-refractivity contribution in [2.75, 3.05) is 19.7 Å². The zero-order chi connectivity index (χ0) is 6.27. The smallest absolute Gasteiger partial charge is 0.319 e. The van der Waals surface area contributed by atoms with Crippen LogP contribution in [0.25, 0.3) is 0 Å². The predicted octanol–water partition coefficient (Wildman–Crippen LogP) is -0.632. The van der Waals surface area contributed by atoms with Crippen LogP contribution in [0.4, 0.5) is 4.79 Å². The number of carbonyl (C=O) groups is 1. The SMILES string of the molecule is O=C1NCCN1C1CO1. The third kappa shape index (κ3) is 0.751. The summed E-state index contributed by atoms with van der Waals surface area (Å²) in [7, 11) is 0. The lowest BCUT2D eigenvalue weighted by Crippen LogP contribution is -2.30. The first-order valence-corrected chi connectivity index (χ1v) is 3.04. The summed E-state index contributed by atoms with van der Waals surface area (Å²) < 4.78 is 4.93. The first-order valence-electron chi connectivity index (χ1n) is 3.04. The Morgan fingerprint density at radius 3 is 3.00 bits per heavy atom. The van der Waals surface area contributed by atoms with Crippen molar-refractivity contribution in [3.63, 3.8) is 0 Å². The number of ether oxygens (including phenoxy) is 1. The van der Waals surface area contributed by atoms with Gasteiger partial charge in [0.1, 0.15) is 0 Å². The lowest BCUT2D eigenvalue weighted by Gasteiger charge is -2.07. The number of carbonyl (C=O) groups excluding carboxylic acids is 1. The van der Waals surface area contributed by atoms with Crippen LogP contribution in [-0.2, 0) is 4.74 Å². The van der Waals surface area contributed by atoms with Crippen LogP contribution in [0.1, 0.15) is 0 Å². The molecule has 9 heavy (non-hydrogen) atoms. The van der Waals surface area contributed by atoms with Crippen LogP contribution in [-0.4, -0.2) is 36.9 Å². The highest BCUT2D eigenvalue weighted by Gasteiger charge is 2.36. The Hall–Kier alpha value is -0.770. The van der Waals surface area contributed by atoms with E-state index in [2.05, 4.69) is 5.32 Å². The van der Waals surface area contributed by atoms with Crippen molar-refractivity contribution >= 4 is 6.03 Å². The molecule has 0 aromatic carbocycles. The van der Waals surface area contributed by atoms with Crippen LogP contribution in [0.15, 0.2) is 0 Å². The van der Waals surface area contributed by atoms with E-state index in [1.165, 1.54) is 0 Å². The van der Waals surface area contributed by atoms with Crippen LogP contribution in [0.5, 0.6) is 0 Å². The first kappa shape index (κ1) is 5.05. The summed E-state index contributed by atoms with van der Waals surface area (Å²) in [6, 6.07) is 0.0116. The van der Waals surface area contributed by atoms with Crippen LogP contribution in [0.3, 0.4) is 0 Å². The minimum atomic E-state index is 0.0116. The number of rotatable bonds is 1. The molecule has 2 rings (SSSR count). The number of amides is 2. The average Bonchev–Trinajstić information content (AvgIpc) is 2.58. The van der Waals surface area contributed by atoms with E-state index in [4.69, 9.17) is 4.74 Å². The Balaban J connectivity index is 2.01. The molecule has 2 heterocycles. The molecule has 0 radical (unpaired) electrons. The quantitative estimate of drug-likeness (QED) is 0.478. The fourth-order valence-electron chi connectivity index (χ4n) is 0.984. The molecule has 1 atom stereocenters. The highest BCUT2D eigenvalue weighted by Crippen LogP contribution is 2.16. The van der Waals surface area contributed by atoms with Gasteiger partial charge in [0, 0.05) is 13.1 Å². The monoisotopic (exact) mass is 128 g/mol. The Morgan fingerprint density at radius 1 is 1.78 bits per heavy atom. The second kappa shape index (κ2) is 1.60. The van der Waals surface area contributed by atoms with Gasteiger partial charge < -0.3 is 10.1 Å². The summed E-state index contributed by atoms with van der Waals surface area (Å²) in [5, 5.41) is 2.70. The molecule has 2 saturated heterocycles. The number of nitrogens with one attached hydrogen (secondary N) is 1. The summed E-state index contributed by atoms with van der Waals surface area (Å²) in [5.41, 5.74) is 0. The second-order valence-corrected chi connectivity index (χ2v) is 2.21. The van der Waals surface area contributed by atoms with Gasteiger partial charge >= 0.3 is 6.03 Å². The molecule has 50 valence electrons. The van der Waals surface area contributed by atoms with Gasteiger partial charge in [0.25, 0.3) is 0 Å². The molecular formula is C5H8N2O2. The highest BCUT2D eigenvalue weighted by molar-refractivity contribution is 5.76. The van der Waals surface area contributed by atoms with Crippen LogP contribution < -0.4 is 5.32 Å². The fraction of sp³-hybridized carbons (Fsp3) is 0.800. The lowest BCUT2D eigenvalue weighted by molar-refractivity contribution is 0.189. The molecular weight excluding hydrogens is 120 g/mol. The maximum atomic E-state index is 10.8. The zero-order valence-electron chi connectivity index (χ0n) is 4.96. The van der Waals surface area contributed by atoms with Crippen LogP contribution in [0.2, 0.25) is 0 Å². The molecule has 0 aromatic heterocycles. The molecule has 1 N–H and O–H groups in total. The number of nitrogens with zero attached hydrogens (tertiary/aromatic N) is 1. The predicted molar refractivity (Wildman–Crippen MR) is 29.8 cm³/mol. The zero-order valence-corrected chi connectivity index (χ0v) is 4.96. The largest absolute Gasteiger partial charge is 0.351 e. The van der Waals surface area contributed by atoms with Crippen molar-refractivity contribution in [3.8, 4) is 0 Å². The maximum Gasteiger partial charge on any atom is 0.319 e. The van der Waals surface area contributed by atoms with Gasteiger partial charge in [0.2, 0.25) is 0 Å². The van der Waals surface area contributed by atoms with Gasteiger partial charge in [-0.25, -0.2) is 4.79 Å². The second-order valence-electron chi connectivity index (χ2n) is 2.21. The molecule has 2 amide bonds. The Labute approximate surface area is 52.8 Å². The van der Waals surface area contributed by atoms with E-state index in [0.29, 0.717) is 6.61 Å². The Bertz CT molecular complexity index is 144. The number of hydrogen-bond acceptors (Lipinski definition) is 2. The minimum Gasteiger partial charge on any atom is -0.351 e. The van der Waals surface area contributed by atoms with Crippen molar-refractivity contribution in [2.45, 2.75) is 6.23 Å². The first-order chi connectivity index (χ1) is 4.38. The normalized spacial score (nSPS) is 32.7. The summed E-state index contributed by atoms with van der Waals surface area (Å²) in [6.45, 7) is 2.27. The standard InChI is InChI=1S/C5H8N2O2/c8-5-6-1-2-7(5)4-3-9-4/h4H,1-3H2,(H,6,8). The summed E-state index contributed by atoms with van der Waals surface area (Å²) >= 11 is 0. The van der Waals surface area contributed by atoms with Gasteiger partial charge in [-0.05, 0) is 0 Å². The van der Waals surface area contributed by atoms with Gasteiger partial charge in [-0.3, -0.25) is 4.90 Å². The number of epoxide rings is 1. The van der Waals surface area contributed by atoms with Crippen LogP contribution in [0, 0.1) is 0 Å². The van der Waals surface area contributed by atoms with Gasteiger partial charge in [-0.1, -0.05) is 0 Å². The molecule has 0 spiro atoms. The maximum absolute atomic E-state index is 10.8. The molecule has 1 unspecified atom stereocenters. The molecule has 2 fully saturated rings. The van der Waals surface area contributed by atoms with Crippen molar-refractivity contribution in [3.05, 3.63) is 0 Å². The highest BCUT2D eigenvalue weighted by atomic mass is 16.6.